The highest BCUT2D eigenvalue weighted by atomic mass is 16.5. The molecule has 0 unspecified atom stereocenters. The van der Waals surface area contributed by atoms with E-state index >= 15 is 0 Å². The Labute approximate surface area is 123 Å². The van der Waals surface area contributed by atoms with Gasteiger partial charge in [0, 0.05) is 17.3 Å². The topological polar surface area (TPSA) is 47.0 Å². The van der Waals surface area contributed by atoms with Crippen LogP contribution in [0.25, 0.3) is 10.8 Å². The van der Waals surface area contributed by atoms with Crippen molar-refractivity contribution in [3.8, 4) is 5.75 Å². The van der Waals surface area contributed by atoms with Gasteiger partial charge in [0.1, 0.15) is 5.75 Å². The second-order valence-corrected chi connectivity index (χ2v) is 4.99. The molecule has 1 heterocycles. The predicted molar refractivity (Wildman–Crippen MR) is 84.6 cm³/mol. The molecule has 0 aliphatic rings. The summed E-state index contributed by atoms with van der Waals surface area (Å²) in [6.45, 7) is 2.77. The summed E-state index contributed by atoms with van der Waals surface area (Å²) in [5.41, 5.74) is 2.39. The number of methoxy groups -OCH3 is 1. The molecule has 1 aromatic heterocycles. The van der Waals surface area contributed by atoms with Crippen LogP contribution in [0.3, 0.4) is 0 Å². The van der Waals surface area contributed by atoms with Crippen molar-refractivity contribution >= 4 is 16.6 Å². The predicted octanol–water partition coefficient (Wildman–Crippen LogP) is 3.56. The monoisotopic (exact) mass is 279 g/mol. The Hall–Kier alpha value is -2.62. The first-order chi connectivity index (χ1) is 10.3. The smallest absolute Gasteiger partial charge is 0.156 e. The molecule has 0 bridgehead atoms. The summed E-state index contributed by atoms with van der Waals surface area (Å²) < 4.78 is 5.16. The SMILES string of the molecule is COc1ccc(CNc2nncc3cc(C)ccc23)cc1. The molecule has 0 aliphatic heterocycles. The number of fused-ring (bicyclic) bond motifs is 1. The normalized spacial score (nSPS) is 10.6. The summed E-state index contributed by atoms with van der Waals surface area (Å²) in [4.78, 5) is 0. The van der Waals surface area contributed by atoms with Crippen molar-refractivity contribution in [1.29, 1.82) is 0 Å². The molecule has 21 heavy (non-hydrogen) atoms. The molecule has 3 aromatic rings. The van der Waals surface area contributed by atoms with Gasteiger partial charge in [0.2, 0.25) is 0 Å². The first kappa shape index (κ1) is 13.4. The molecule has 0 radical (unpaired) electrons. The molecule has 0 amide bonds. The lowest BCUT2D eigenvalue weighted by Gasteiger charge is -2.09. The molecule has 4 nitrogen and oxygen atoms in total. The van der Waals surface area contributed by atoms with Gasteiger partial charge in [-0.1, -0.05) is 29.8 Å². The molecule has 1 N–H and O–H groups in total. The third-order valence-corrected chi connectivity index (χ3v) is 3.44. The highest BCUT2D eigenvalue weighted by Crippen LogP contribution is 2.21. The second kappa shape index (κ2) is 5.79. The lowest BCUT2D eigenvalue weighted by Crippen LogP contribution is -2.03. The van der Waals surface area contributed by atoms with Gasteiger partial charge in [-0.25, -0.2) is 0 Å². The average Bonchev–Trinajstić information content (AvgIpc) is 2.53. The first-order valence-corrected chi connectivity index (χ1v) is 6.85. The molecule has 0 spiro atoms. The number of hydrogen-bond donors (Lipinski definition) is 1. The van der Waals surface area contributed by atoms with Crippen LogP contribution in [0.4, 0.5) is 5.82 Å². The van der Waals surface area contributed by atoms with Crippen LogP contribution < -0.4 is 10.1 Å². The van der Waals surface area contributed by atoms with Gasteiger partial charge in [-0.05, 0) is 30.7 Å². The van der Waals surface area contributed by atoms with E-state index in [-0.39, 0.29) is 0 Å². The average molecular weight is 279 g/mol. The maximum atomic E-state index is 5.16. The van der Waals surface area contributed by atoms with Crippen LogP contribution in [0.1, 0.15) is 11.1 Å². The number of anilines is 1. The Balaban J connectivity index is 1.81. The highest BCUT2D eigenvalue weighted by molar-refractivity contribution is 5.91. The quantitative estimate of drug-likeness (QED) is 0.793. The van der Waals surface area contributed by atoms with Crippen molar-refractivity contribution in [2.45, 2.75) is 13.5 Å². The van der Waals surface area contributed by atoms with Crippen LogP contribution in [0.5, 0.6) is 5.75 Å². The van der Waals surface area contributed by atoms with Gasteiger partial charge in [0.15, 0.2) is 5.82 Å². The number of aromatic nitrogens is 2. The summed E-state index contributed by atoms with van der Waals surface area (Å²) in [6.07, 6.45) is 1.79. The highest BCUT2D eigenvalue weighted by Gasteiger charge is 2.03. The summed E-state index contributed by atoms with van der Waals surface area (Å²) >= 11 is 0. The third kappa shape index (κ3) is 2.94. The minimum Gasteiger partial charge on any atom is -0.497 e. The van der Waals surface area contributed by atoms with Crippen molar-refractivity contribution in [1.82, 2.24) is 10.2 Å². The minimum atomic E-state index is 0.700. The van der Waals surface area contributed by atoms with E-state index in [1.807, 2.05) is 24.3 Å². The van der Waals surface area contributed by atoms with E-state index < -0.39 is 0 Å². The van der Waals surface area contributed by atoms with Crippen molar-refractivity contribution < 1.29 is 4.74 Å². The second-order valence-electron chi connectivity index (χ2n) is 4.99. The lowest BCUT2D eigenvalue weighted by atomic mass is 10.1. The van der Waals surface area contributed by atoms with Gasteiger partial charge in [-0.3, -0.25) is 0 Å². The Morgan fingerprint density at radius 3 is 2.67 bits per heavy atom. The number of rotatable bonds is 4. The van der Waals surface area contributed by atoms with Gasteiger partial charge in [0.05, 0.1) is 13.3 Å². The van der Waals surface area contributed by atoms with Gasteiger partial charge in [-0.15, -0.1) is 5.10 Å². The Morgan fingerprint density at radius 1 is 1.10 bits per heavy atom. The van der Waals surface area contributed by atoms with E-state index in [1.165, 1.54) is 11.1 Å². The fourth-order valence-electron chi connectivity index (χ4n) is 2.27. The molecule has 3 rings (SSSR count). The summed E-state index contributed by atoms with van der Waals surface area (Å²) in [5.74, 6) is 1.67. The zero-order valence-electron chi connectivity index (χ0n) is 12.1. The van der Waals surface area contributed by atoms with Crippen molar-refractivity contribution in [3.63, 3.8) is 0 Å². The van der Waals surface area contributed by atoms with Crippen molar-refractivity contribution in [3.05, 3.63) is 59.8 Å². The van der Waals surface area contributed by atoms with E-state index in [4.69, 9.17) is 4.74 Å². The molecule has 0 fully saturated rings. The largest absolute Gasteiger partial charge is 0.497 e. The molecule has 0 saturated carbocycles. The number of benzene rings is 2. The minimum absolute atomic E-state index is 0.700. The number of ether oxygens (including phenoxy) is 1. The van der Waals surface area contributed by atoms with E-state index in [2.05, 4.69) is 40.6 Å². The zero-order valence-corrected chi connectivity index (χ0v) is 12.1. The van der Waals surface area contributed by atoms with Gasteiger partial charge < -0.3 is 10.1 Å². The standard InChI is InChI=1S/C17H17N3O/c1-12-3-8-16-14(9-12)11-19-20-17(16)18-10-13-4-6-15(21-2)7-5-13/h3-9,11H,10H2,1-2H3,(H,18,20). The first-order valence-electron chi connectivity index (χ1n) is 6.85. The van der Waals surface area contributed by atoms with E-state index in [9.17, 15) is 0 Å². The van der Waals surface area contributed by atoms with Crippen LogP contribution in [0, 0.1) is 6.92 Å². The third-order valence-electron chi connectivity index (χ3n) is 3.44. The Bertz CT molecular complexity index is 754. The van der Waals surface area contributed by atoms with Crippen molar-refractivity contribution in [2.24, 2.45) is 0 Å². The van der Waals surface area contributed by atoms with E-state index in [1.54, 1.807) is 13.3 Å². The number of aryl methyl sites for hydroxylation is 1. The lowest BCUT2D eigenvalue weighted by molar-refractivity contribution is 0.414. The zero-order chi connectivity index (χ0) is 14.7. The van der Waals surface area contributed by atoms with Gasteiger partial charge in [0.25, 0.3) is 0 Å². The van der Waals surface area contributed by atoms with E-state index in [0.29, 0.717) is 6.54 Å². The van der Waals surface area contributed by atoms with Crippen LogP contribution in [0.2, 0.25) is 0 Å². The number of nitrogens with zero attached hydrogens (tertiary/aromatic N) is 2. The molecular weight excluding hydrogens is 262 g/mol. The maximum Gasteiger partial charge on any atom is 0.156 e. The fraction of sp³-hybridized carbons (Fsp3) is 0.176. The summed E-state index contributed by atoms with van der Waals surface area (Å²) in [6, 6.07) is 14.3. The van der Waals surface area contributed by atoms with E-state index in [0.717, 1.165) is 22.3 Å². The molecule has 106 valence electrons. The molecule has 0 atom stereocenters. The van der Waals surface area contributed by atoms with Crippen LogP contribution in [-0.4, -0.2) is 17.3 Å². The summed E-state index contributed by atoms with van der Waals surface area (Å²) in [7, 11) is 1.67. The Kier molecular flexibility index (Phi) is 3.69. The summed E-state index contributed by atoms with van der Waals surface area (Å²) in [5, 5.41) is 13.8. The molecule has 2 aromatic carbocycles. The fourth-order valence-corrected chi connectivity index (χ4v) is 2.27. The van der Waals surface area contributed by atoms with Gasteiger partial charge >= 0.3 is 0 Å². The molecule has 0 saturated heterocycles. The molecular formula is C17H17N3O. The number of nitrogens with one attached hydrogen (secondary N) is 1. The van der Waals surface area contributed by atoms with Crippen LogP contribution in [0.15, 0.2) is 48.7 Å². The maximum absolute atomic E-state index is 5.16. The van der Waals surface area contributed by atoms with Gasteiger partial charge in [-0.2, -0.15) is 5.10 Å². The van der Waals surface area contributed by atoms with Crippen LogP contribution in [-0.2, 0) is 6.54 Å². The molecule has 4 heteroatoms. The number of hydrogen-bond acceptors (Lipinski definition) is 4. The Morgan fingerprint density at radius 2 is 1.90 bits per heavy atom. The van der Waals surface area contributed by atoms with Crippen molar-refractivity contribution in [2.75, 3.05) is 12.4 Å². The molecule has 0 aliphatic carbocycles. The van der Waals surface area contributed by atoms with Crippen LogP contribution >= 0.6 is 0 Å².